The number of benzene rings is 2. The molecule has 3 rings (SSSR count). The van der Waals surface area contributed by atoms with E-state index in [1.54, 1.807) is 30.3 Å². The Labute approximate surface area is 142 Å². The Morgan fingerprint density at radius 1 is 1.21 bits per heavy atom. The molecular formula is C18H13ClF2O3. The number of rotatable bonds is 4. The quantitative estimate of drug-likeness (QED) is 0.616. The Kier molecular flexibility index (Phi) is 4.37. The lowest BCUT2D eigenvalue weighted by Gasteiger charge is -2.24. The van der Waals surface area contributed by atoms with Crippen LogP contribution in [0.3, 0.4) is 0 Å². The monoisotopic (exact) mass is 350 g/mol. The zero-order chi connectivity index (χ0) is 17.3. The van der Waals surface area contributed by atoms with E-state index < -0.39 is 30.0 Å². The molecule has 3 nitrogen and oxygen atoms in total. The summed E-state index contributed by atoms with van der Waals surface area (Å²) >= 11 is 5.85. The van der Waals surface area contributed by atoms with Gasteiger partial charge in [0.1, 0.15) is 6.61 Å². The smallest absolute Gasteiger partial charge is 0.326 e. The van der Waals surface area contributed by atoms with Crippen molar-refractivity contribution in [1.29, 1.82) is 0 Å². The lowest BCUT2D eigenvalue weighted by Crippen LogP contribution is -2.45. The molecule has 0 radical (unpaired) electrons. The van der Waals surface area contributed by atoms with Crippen LogP contribution in [0.5, 0.6) is 0 Å². The van der Waals surface area contributed by atoms with E-state index in [0.717, 1.165) is 0 Å². The molecule has 0 spiro atoms. The predicted octanol–water partition coefficient (Wildman–Crippen LogP) is 4.07. The van der Waals surface area contributed by atoms with E-state index in [4.69, 9.17) is 16.3 Å². The molecule has 1 aliphatic rings. The van der Waals surface area contributed by atoms with E-state index >= 15 is 0 Å². The highest BCUT2D eigenvalue weighted by Gasteiger charge is 2.59. The molecule has 1 atom stereocenters. The van der Waals surface area contributed by atoms with Crippen LogP contribution < -0.4 is 0 Å². The second kappa shape index (κ2) is 6.32. The van der Waals surface area contributed by atoms with Crippen LogP contribution in [0.25, 0.3) is 0 Å². The largest absolute Gasteiger partial charge is 0.460 e. The molecule has 0 N–H and O–H groups in total. The van der Waals surface area contributed by atoms with Crippen LogP contribution in [-0.2, 0) is 22.6 Å². The Bertz CT molecular complexity index is 792. The molecule has 2 aromatic rings. The number of hydrogen-bond acceptors (Lipinski definition) is 3. The fourth-order valence-corrected chi connectivity index (χ4v) is 3.03. The molecular weight excluding hydrogens is 338 g/mol. The Hall–Kier alpha value is -2.27. The number of hydrogen-bond donors (Lipinski definition) is 0. The highest BCUT2D eigenvalue weighted by Crippen LogP contribution is 2.43. The van der Waals surface area contributed by atoms with E-state index in [9.17, 15) is 18.4 Å². The third-order valence-electron chi connectivity index (χ3n) is 4.14. The minimum absolute atomic E-state index is 0.0939. The summed E-state index contributed by atoms with van der Waals surface area (Å²) in [6.45, 7) is -0.168. The van der Waals surface area contributed by atoms with Crippen LogP contribution in [0, 0.1) is 5.41 Å². The molecule has 0 saturated carbocycles. The van der Waals surface area contributed by atoms with Crippen LogP contribution in [0.2, 0.25) is 5.02 Å². The predicted molar refractivity (Wildman–Crippen MR) is 84.2 cm³/mol. The summed E-state index contributed by atoms with van der Waals surface area (Å²) in [7, 11) is 0. The second-order valence-corrected chi connectivity index (χ2v) is 6.08. The topological polar surface area (TPSA) is 43.4 Å². The maximum atomic E-state index is 13.7. The first kappa shape index (κ1) is 16.6. The van der Waals surface area contributed by atoms with E-state index in [1.165, 1.54) is 18.2 Å². The van der Waals surface area contributed by atoms with Gasteiger partial charge in [-0.15, -0.1) is 0 Å². The molecule has 0 fully saturated rings. The van der Waals surface area contributed by atoms with Gasteiger partial charge in [-0.2, -0.15) is 0 Å². The Balaban J connectivity index is 1.87. The Morgan fingerprint density at radius 2 is 1.92 bits per heavy atom. The molecule has 1 unspecified atom stereocenters. The molecule has 1 aliphatic carbocycles. The number of esters is 1. The third kappa shape index (κ3) is 2.69. The summed E-state index contributed by atoms with van der Waals surface area (Å²) in [5.41, 5.74) is -1.41. The first-order chi connectivity index (χ1) is 11.4. The van der Waals surface area contributed by atoms with Crippen LogP contribution >= 0.6 is 11.6 Å². The SMILES string of the molecule is O=C(OCc1ccccc1)C1(C(F)F)Cc2cc(Cl)ccc2C1=O. The average molecular weight is 351 g/mol. The second-order valence-electron chi connectivity index (χ2n) is 5.64. The number of Topliss-reactive ketones (excluding diaryl/α,β-unsaturated/α-hetero) is 1. The van der Waals surface area contributed by atoms with Gasteiger partial charge in [0.15, 0.2) is 11.2 Å². The van der Waals surface area contributed by atoms with Crippen molar-refractivity contribution in [3.05, 3.63) is 70.2 Å². The summed E-state index contributed by atoms with van der Waals surface area (Å²) in [5.74, 6) is -2.12. The van der Waals surface area contributed by atoms with Gasteiger partial charge in [-0.05, 0) is 29.3 Å². The highest BCUT2D eigenvalue weighted by atomic mass is 35.5. The molecule has 0 bridgehead atoms. The number of alkyl halides is 2. The maximum Gasteiger partial charge on any atom is 0.326 e. The standard InChI is InChI=1S/C18H13ClF2O3/c19-13-6-7-14-12(8-13)9-18(15(14)22,16(20)21)17(23)24-10-11-4-2-1-3-5-11/h1-8,16H,9-10H2. The Morgan fingerprint density at radius 3 is 2.58 bits per heavy atom. The van der Waals surface area contributed by atoms with Gasteiger partial charge in [-0.1, -0.05) is 41.9 Å². The zero-order valence-corrected chi connectivity index (χ0v) is 13.2. The number of fused-ring (bicyclic) bond motifs is 1. The van der Waals surface area contributed by atoms with E-state index in [0.29, 0.717) is 16.1 Å². The van der Waals surface area contributed by atoms with Gasteiger partial charge in [0.2, 0.25) is 0 Å². The van der Waals surface area contributed by atoms with Crippen molar-refractivity contribution in [1.82, 2.24) is 0 Å². The summed E-state index contributed by atoms with van der Waals surface area (Å²) in [6.07, 6.45) is -3.58. The average Bonchev–Trinajstić information content (AvgIpc) is 2.87. The first-order valence-corrected chi connectivity index (χ1v) is 7.65. The van der Waals surface area contributed by atoms with Gasteiger partial charge < -0.3 is 4.74 Å². The number of halogens is 3. The van der Waals surface area contributed by atoms with E-state index in [1.807, 2.05) is 0 Å². The first-order valence-electron chi connectivity index (χ1n) is 7.27. The summed E-state index contributed by atoms with van der Waals surface area (Å²) in [6, 6.07) is 12.9. The van der Waals surface area contributed by atoms with Crippen LogP contribution in [0.4, 0.5) is 8.78 Å². The fraction of sp³-hybridized carbons (Fsp3) is 0.222. The van der Waals surface area contributed by atoms with E-state index in [-0.39, 0.29) is 12.2 Å². The van der Waals surface area contributed by atoms with Crippen molar-refractivity contribution in [2.45, 2.75) is 19.5 Å². The normalized spacial score (nSPS) is 19.4. The van der Waals surface area contributed by atoms with Crippen LogP contribution in [-0.4, -0.2) is 18.2 Å². The van der Waals surface area contributed by atoms with Crippen LogP contribution in [0.1, 0.15) is 21.5 Å². The van der Waals surface area contributed by atoms with Crippen molar-refractivity contribution in [3.8, 4) is 0 Å². The lowest BCUT2D eigenvalue weighted by molar-refractivity contribution is -0.161. The van der Waals surface area contributed by atoms with Crippen molar-refractivity contribution in [2.24, 2.45) is 5.41 Å². The molecule has 0 aromatic heterocycles. The molecule has 0 saturated heterocycles. The van der Waals surface area contributed by atoms with Crippen molar-refractivity contribution in [2.75, 3.05) is 0 Å². The van der Waals surface area contributed by atoms with Crippen molar-refractivity contribution < 1.29 is 23.1 Å². The van der Waals surface area contributed by atoms with Crippen LogP contribution in [0.15, 0.2) is 48.5 Å². The molecule has 24 heavy (non-hydrogen) atoms. The number of ketones is 1. The molecule has 6 heteroatoms. The zero-order valence-electron chi connectivity index (χ0n) is 12.5. The van der Waals surface area contributed by atoms with Gasteiger partial charge in [0.25, 0.3) is 6.43 Å². The van der Waals surface area contributed by atoms with Gasteiger partial charge in [0, 0.05) is 17.0 Å². The van der Waals surface area contributed by atoms with Gasteiger partial charge in [0.05, 0.1) is 0 Å². The van der Waals surface area contributed by atoms with Gasteiger partial charge in [-0.25, -0.2) is 8.78 Å². The number of carbonyl (C=O) groups is 2. The molecule has 0 amide bonds. The number of ether oxygens (including phenoxy) is 1. The summed E-state index contributed by atoms with van der Waals surface area (Å²) in [5, 5.41) is 0.323. The van der Waals surface area contributed by atoms with Gasteiger partial charge >= 0.3 is 5.97 Å². The summed E-state index contributed by atoms with van der Waals surface area (Å²) < 4.78 is 32.5. The molecule has 124 valence electrons. The van der Waals surface area contributed by atoms with Crippen molar-refractivity contribution >= 4 is 23.4 Å². The highest BCUT2D eigenvalue weighted by molar-refractivity contribution is 6.31. The summed E-state index contributed by atoms with van der Waals surface area (Å²) in [4.78, 5) is 24.9. The minimum atomic E-state index is -3.17. The molecule has 0 heterocycles. The van der Waals surface area contributed by atoms with Crippen molar-refractivity contribution in [3.63, 3.8) is 0 Å². The minimum Gasteiger partial charge on any atom is -0.460 e. The maximum absolute atomic E-state index is 13.7. The molecule has 2 aromatic carbocycles. The third-order valence-corrected chi connectivity index (χ3v) is 4.37. The van der Waals surface area contributed by atoms with E-state index in [2.05, 4.69) is 0 Å². The number of carbonyl (C=O) groups excluding carboxylic acids is 2. The lowest BCUT2D eigenvalue weighted by atomic mass is 9.84. The fourth-order valence-electron chi connectivity index (χ4n) is 2.83. The molecule has 0 aliphatic heterocycles. The van der Waals surface area contributed by atoms with Gasteiger partial charge in [-0.3, -0.25) is 9.59 Å².